The maximum absolute atomic E-state index is 9.31. The topological polar surface area (TPSA) is 20.2 Å². The molecule has 0 spiro atoms. The molecular weight excluding hydrogens is 232 g/mol. The number of hydrogen-bond acceptors (Lipinski definition) is 1. The lowest BCUT2D eigenvalue weighted by atomic mass is 9.96. The SMILES string of the molecule is C=C1C=CC(Cc2ccc(O)cc2)=C1CCCCC. The van der Waals surface area contributed by atoms with E-state index < -0.39 is 0 Å². The van der Waals surface area contributed by atoms with Crippen LogP contribution >= 0.6 is 0 Å². The molecule has 2 rings (SSSR count). The molecule has 0 heterocycles. The first-order valence-corrected chi connectivity index (χ1v) is 7.08. The van der Waals surface area contributed by atoms with Gasteiger partial charge in [0.15, 0.2) is 0 Å². The minimum Gasteiger partial charge on any atom is -0.508 e. The zero-order valence-electron chi connectivity index (χ0n) is 11.7. The van der Waals surface area contributed by atoms with E-state index in [-0.39, 0.29) is 0 Å². The van der Waals surface area contributed by atoms with Crippen molar-refractivity contribution in [2.75, 3.05) is 0 Å². The molecule has 0 aromatic heterocycles. The number of hydrogen-bond donors (Lipinski definition) is 1. The summed E-state index contributed by atoms with van der Waals surface area (Å²) in [7, 11) is 0. The Morgan fingerprint density at radius 2 is 1.79 bits per heavy atom. The predicted octanol–water partition coefficient (Wildman–Crippen LogP) is 4.94. The summed E-state index contributed by atoms with van der Waals surface area (Å²) in [4.78, 5) is 0. The molecule has 0 saturated carbocycles. The van der Waals surface area contributed by atoms with Crippen LogP contribution in [-0.4, -0.2) is 5.11 Å². The monoisotopic (exact) mass is 254 g/mol. The molecule has 1 aromatic carbocycles. The third-order valence-corrected chi connectivity index (χ3v) is 3.62. The Bertz CT molecular complexity index is 503. The van der Waals surface area contributed by atoms with Gasteiger partial charge in [-0.2, -0.15) is 0 Å². The Hall–Kier alpha value is -1.76. The normalized spacial score (nSPS) is 14.5. The van der Waals surface area contributed by atoms with E-state index in [1.165, 1.54) is 41.5 Å². The van der Waals surface area contributed by atoms with Crippen LogP contribution in [0.15, 0.2) is 59.7 Å². The highest BCUT2D eigenvalue weighted by molar-refractivity contribution is 5.53. The van der Waals surface area contributed by atoms with E-state index in [0.29, 0.717) is 5.75 Å². The van der Waals surface area contributed by atoms with Crippen LogP contribution < -0.4 is 0 Å². The van der Waals surface area contributed by atoms with Gasteiger partial charge in [0.1, 0.15) is 5.75 Å². The van der Waals surface area contributed by atoms with E-state index in [0.717, 1.165) is 12.8 Å². The van der Waals surface area contributed by atoms with Gasteiger partial charge >= 0.3 is 0 Å². The van der Waals surface area contributed by atoms with Crippen LogP contribution in [0.2, 0.25) is 0 Å². The first-order chi connectivity index (χ1) is 9.20. The van der Waals surface area contributed by atoms with Crippen molar-refractivity contribution in [2.45, 2.75) is 39.0 Å². The lowest BCUT2D eigenvalue weighted by Gasteiger charge is -2.09. The fraction of sp³-hybridized carbons (Fsp3) is 0.333. The fourth-order valence-electron chi connectivity index (χ4n) is 2.48. The molecule has 0 bridgehead atoms. The summed E-state index contributed by atoms with van der Waals surface area (Å²) < 4.78 is 0. The molecule has 100 valence electrons. The number of phenols is 1. The molecule has 0 fully saturated rings. The fourth-order valence-corrected chi connectivity index (χ4v) is 2.48. The van der Waals surface area contributed by atoms with Crippen molar-refractivity contribution in [3.63, 3.8) is 0 Å². The number of phenolic OH excluding ortho intramolecular Hbond substituents is 1. The molecule has 0 radical (unpaired) electrons. The summed E-state index contributed by atoms with van der Waals surface area (Å²) in [5, 5.41) is 9.31. The molecule has 1 aliphatic carbocycles. The van der Waals surface area contributed by atoms with Gasteiger partial charge in [-0.1, -0.05) is 50.6 Å². The van der Waals surface area contributed by atoms with Crippen molar-refractivity contribution in [3.8, 4) is 5.75 Å². The molecule has 0 aliphatic heterocycles. The number of rotatable bonds is 6. The quantitative estimate of drug-likeness (QED) is 0.713. The zero-order valence-corrected chi connectivity index (χ0v) is 11.7. The van der Waals surface area contributed by atoms with Gasteiger partial charge in [-0.05, 0) is 53.7 Å². The molecular formula is C18H22O. The van der Waals surface area contributed by atoms with Crippen molar-refractivity contribution in [2.24, 2.45) is 0 Å². The van der Waals surface area contributed by atoms with Crippen molar-refractivity contribution >= 4 is 0 Å². The summed E-state index contributed by atoms with van der Waals surface area (Å²) in [6.45, 7) is 6.37. The second-order valence-corrected chi connectivity index (χ2v) is 5.16. The Kier molecular flexibility index (Phi) is 4.62. The third kappa shape index (κ3) is 3.60. The Morgan fingerprint density at radius 1 is 1.05 bits per heavy atom. The van der Waals surface area contributed by atoms with Crippen LogP contribution in [0.4, 0.5) is 0 Å². The highest BCUT2D eigenvalue weighted by Gasteiger charge is 2.12. The van der Waals surface area contributed by atoms with Gasteiger partial charge in [-0.15, -0.1) is 0 Å². The summed E-state index contributed by atoms with van der Waals surface area (Å²) in [6, 6.07) is 7.47. The second kappa shape index (κ2) is 6.42. The average Bonchev–Trinajstić information content (AvgIpc) is 2.74. The van der Waals surface area contributed by atoms with Crippen LogP contribution in [0.25, 0.3) is 0 Å². The molecule has 0 atom stereocenters. The summed E-state index contributed by atoms with van der Waals surface area (Å²) >= 11 is 0. The largest absolute Gasteiger partial charge is 0.508 e. The van der Waals surface area contributed by atoms with E-state index in [4.69, 9.17) is 0 Å². The highest BCUT2D eigenvalue weighted by Crippen LogP contribution is 2.30. The molecule has 19 heavy (non-hydrogen) atoms. The van der Waals surface area contributed by atoms with Crippen molar-refractivity contribution in [1.29, 1.82) is 0 Å². The number of allylic oxidation sites excluding steroid dienone is 5. The summed E-state index contributed by atoms with van der Waals surface area (Å²) in [5.74, 6) is 0.326. The van der Waals surface area contributed by atoms with E-state index in [9.17, 15) is 5.11 Å². The lowest BCUT2D eigenvalue weighted by molar-refractivity contribution is 0.475. The van der Waals surface area contributed by atoms with Crippen molar-refractivity contribution in [3.05, 3.63) is 65.3 Å². The number of unbranched alkanes of at least 4 members (excludes halogenated alkanes) is 2. The van der Waals surface area contributed by atoms with Crippen LogP contribution in [0, 0.1) is 0 Å². The van der Waals surface area contributed by atoms with Gasteiger partial charge in [0.05, 0.1) is 0 Å². The molecule has 1 aromatic rings. The number of aromatic hydroxyl groups is 1. The second-order valence-electron chi connectivity index (χ2n) is 5.16. The Morgan fingerprint density at radius 3 is 2.47 bits per heavy atom. The van der Waals surface area contributed by atoms with Crippen molar-refractivity contribution in [1.82, 2.24) is 0 Å². The van der Waals surface area contributed by atoms with Crippen LogP contribution in [0.1, 0.15) is 38.2 Å². The molecule has 1 heteroatoms. The van der Waals surface area contributed by atoms with Gasteiger partial charge in [-0.3, -0.25) is 0 Å². The summed E-state index contributed by atoms with van der Waals surface area (Å²) in [5.41, 5.74) is 5.21. The maximum atomic E-state index is 9.31. The first kappa shape index (κ1) is 13.7. The lowest BCUT2D eigenvalue weighted by Crippen LogP contribution is -1.92. The predicted molar refractivity (Wildman–Crippen MR) is 81.3 cm³/mol. The molecule has 0 unspecified atom stereocenters. The maximum Gasteiger partial charge on any atom is 0.115 e. The molecule has 1 nitrogen and oxygen atoms in total. The highest BCUT2D eigenvalue weighted by atomic mass is 16.3. The standard InChI is InChI=1S/C18H22O/c1-3-4-5-6-18-14(2)7-10-16(18)13-15-8-11-17(19)12-9-15/h7-12,19H,2-6,13H2,1H3. The average molecular weight is 254 g/mol. The molecule has 1 aliphatic rings. The van der Waals surface area contributed by atoms with Crippen LogP contribution in [-0.2, 0) is 6.42 Å². The van der Waals surface area contributed by atoms with E-state index >= 15 is 0 Å². The van der Waals surface area contributed by atoms with Crippen LogP contribution in [0.3, 0.4) is 0 Å². The molecule has 0 saturated heterocycles. The van der Waals surface area contributed by atoms with Gasteiger partial charge in [-0.25, -0.2) is 0 Å². The van der Waals surface area contributed by atoms with Gasteiger partial charge in [0, 0.05) is 0 Å². The Labute approximate surface area is 116 Å². The smallest absolute Gasteiger partial charge is 0.115 e. The minimum atomic E-state index is 0.326. The van der Waals surface area contributed by atoms with Crippen molar-refractivity contribution < 1.29 is 5.11 Å². The minimum absolute atomic E-state index is 0.326. The van der Waals surface area contributed by atoms with Crippen LogP contribution in [0.5, 0.6) is 5.75 Å². The van der Waals surface area contributed by atoms with Gasteiger partial charge in [0.25, 0.3) is 0 Å². The Balaban J connectivity index is 2.08. The summed E-state index contributed by atoms with van der Waals surface area (Å²) in [6.07, 6.45) is 10.1. The third-order valence-electron chi connectivity index (χ3n) is 3.62. The van der Waals surface area contributed by atoms with E-state index in [2.05, 4.69) is 25.7 Å². The number of benzene rings is 1. The van der Waals surface area contributed by atoms with Gasteiger partial charge in [0.2, 0.25) is 0 Å². The molecule has 0 amide bonds. The molecule has 1 N–H and O–H groups in total. The zero-order chi connectivity index (χ0) is 13.7. The van der Waals surface area contributed by atoms with E-state index in [1.807, 2.05) is 12.1 Å². The first-order valence-electron chi connectivity index (χ1n) is 7.08. The van der Waals surface area contributed by atoms with E-state index in [1.54, 1.807) is 12.1 Å². The van der Waals surface area contributed by atoms with Gasteiger partial charge < -0.3 is 5.11 Å².